The Morgan fingerprint density at radius 3 is 2.48 bits per heavy atom. The highest BCUT2D eigenvalue weighted by atomic mass is 35.5. The van der Waals surface area contributed by atoms with Crippen LogP contribution in [0.15, 0.2) is 47.0 Å². The highest BCUT2D eigenvalue weighted by Gasteiger charge is 2.25. The zero-order chi connectivity index (χ0) is 21.0. The quantitative estimate of drug-likeness (QED) is 0.567. The van der Waals surface area contributed by atoms with Gasteiger partial charge < -0.3 is 18.9 Å². The van der Waals surface area contributed by atoms with E-state index in [1.54, 1.807) is 42.3 Å². The summed E-state index contributed by atoms with van der Waals surface area (Å²) in [6, 6.07) is 12.1. The molecule has 3 aromatic rings. The molecule has 3 rings (SSSR count). The molecule has 8 heteroatoms. The van der Waals surface area contributed by atoms with Crippen LogP contribution in [0.5, 0.6) is 11.5 Å². The molecule has 152 valence electrons. The second-order valence-corrected chi connectivity index (χ2v) is 7.05. The van der Waals surface area contributed by atoms with Crippen molar-refractivity contribution in [3.05, 3.63) is 58.9 Å². The van der Waals surface area contributed by atoms with E-state index in [2.05, 4.69) is 10.1 Å². The van der Waals surface area contributed by atoms with Gasteiger partial charge in [0.05, 0.1) is 19.8 Å². The Morgan fingerprint density at radius 2 is 1.86 bits per heavy atom. The number of carbonyl (C=O) groups excluding carboxylic acids is 1. The summed E-state index contributed by atoms with van der Waals surface area (Å²) in [7, 11) is 3.08. The van der Waals surface area contributed by atoms with Crippen LogP contribution in [0.25, 0.3) is 11.4 Å². The van der Waals surface area contributed by atoms with Crippen molar-refractivity contribution in [1.82, 2.24) is 15.0 Å². The molecule has 0 bridgehead atoms. The first-order chi connectivity index (χ1) is 13.9. The first kappa shape index (κ1) is 20.7. The van der Waals surface area contributed by atoms with E-state index in [-0.39, 0.29) is 18.5 Å². The minimum Gasteiger partial charge on any atom is -0.497 e. The van der Waals surface area contributed by atoms with Gasteiger partial charge in [-0.1, -0.05) is 16.8 Å². The molecular weight excluding hydrogens is 394 g/mol. The van der Waals surface area contributed by atoms with Crippen LogP contribution in [0.1, 0.15) is 30.1 Å². The maximum absolute atomic E-state index is 13.2. The maximum atomic E-state index is 13.2. The zero-order valence-corrected chi connectivity index (χ0v) is 17.4. The minimum atomic E-state index is -0.203. The fourth-order valence-corrected chi connectivity index (χ4v) is 2.93. The molecule has 0 N–H and O–H groups in total. The fraction of sp³-hybridized carbons (Fsp3) is 0.286. The largest absolute Gasteiger partial charge is 0.497 e. The van der Waals surface area contributed by atoms with Crippen LogP contribution in [-0.4, -0.2) is 41.2 Å². The van der Waals surface area contributed by atoms with E-state index >= 15 is 0 Å². The molecule has 0 saturated carbocycles. The molecule has 7 nitrogen and oxygen atoms in total. The van der Waals surface area contributed by atoms with Gasteiger partial charge in [-0.3, -0.25) is 4.79 Å². The van der Waals surface area contributed by atoms with Crippen LogP contribution in [0, 0.1) is 0 Å². The number of benzene rings is 2. The second-order valence-electron chi connectivity index (χ2n) is 6.61. The van der Waals surface area contributed by atoms with E-state index in [0.29, 0.717) is 33.8 Å². The summed E-state index contributed by atoms with van der Waals surface area (Å²) in [4.78, 5) is 19.2. The normalized spacial score (nSPS) is 10.8. The predicted molar refractivity (Wildman–Crippen MR) is 109 cm³/mol. The molecule has 0 aliphatic rings. The van der Waals surface area contributed by atoms with Gasteiger partial charge >= 0.3 is 0 Å². The Hall–Kier alpha value is -3.06. The number of amides is 1. The van der Waals surface area contributed by atoms with Gasteiger partial charge in [-0.15, -0.1) is 0 Å². The first-order valence-electron chi connectivity index (χ1n) is 9.04. The van der Waals surface area contributed by atoms with E-state index in [1.165, 1.54) is 7.11 Å². The van der Waals surface area contributed by atoms with Crippen LogP contribution in [0.3, 0.4) is 0 Å². The number of rotatable bonds is 7. The molecule has 0 spiro atoms. The van der Waals surface area contributed by atoms with Crippen molar-refractivity contribution >= 4 is 17.5 Å². The Kier molecular flexibility index (Phi) is 6.39. The van der Waals surface area contributed by atoms with Crippen molar-refractivity contribution in [3.63, 3.8) is 0 Å². The van der Waals surface area contributed by atoms with E-state index in [9.17, 15) is 4.79 Å². The summed E-state index contributed by atoms with van der Waals surface area (Å²) in [5.74, 6) is 1.62. The number of hydrogen-bond donors (Lipinski definition) is 0. The number of carbonyl (C=O) groups is 1. The number of aromatic nitrogens is 2. The average Bonchev–Trinajstić information content (AvgIpc) is 3.20. The monoisotopic (exact) mass is 415 g/mol. The van der Waals surface area contributed by atoms with Gasteiger partial charge in [-0.2, -0.15) is 4.98 Å². The van der Waals surface area contributed by atoms with Gasteiger partial charge in [0.15, 0.2) is 0 Å². The molecule has 1 amide bonds. The Bertz CT molecular complexity index is 986. The van der Waals surface area contributed by atoms with Gasteiger partial charge in [0, 0.05) is 22.7 Å². The summed E-state index contributed by atoms with van der Waals surface area (Å²) < 4.78 is 15.9. The highest BCUT2D eigenvalue weighted by Crippen LogP contribution is 2.27. The Morgan fingerprint density at radius 1 is 1.14 bits per heavy atom. The standard InChI is InChI=1S/C21H22ClN3O4/c1-13(2)25(21(26)17-10-9-16(27-3)11-18(17)28-4)12-19-23-20(24-29-19)14-5-7-15(22)8-6-14/h5-11,13H,12H2,1-4H3. The maximum Gasteiger partial charge on any atom is 0.258 e. The first-order valence-corrected chi connectivity index (χ1v) is 9.42. The van der Waals surface area contributed by atoms with Crippen LogP contribution in [-0.2, 0) is 6.54 Å². The van der Waals surface area contributed by atoms with Gasteiger partial charge in [0.2, 0.25) is 11.7 Å². The van der Waals surface area contributed by atoms with Crippen molar-refractivity contribution in [1.29, 1.82) is 0 Å². The second kappa shape index (κ2) is 8.96. The van der Waals surface area contributed by atoms with Crippen molar-refractivity contribution < 1.29 is 18.8 Å². The van der Waals surface area contributed by atoms with Gasteiger partial charge in [0.1, 0.15) is 18.0 Å². The fourth-order valence-electron chi connectivity index (χ4n) is 2.80. The third-order valence-electron chi connectivity index (χ3n) is 4.40. The van der Waals surface area contributed by atoms with Crippen LogP contribution in [0.4, 0.5) is 0 Å². The van der Waals surface area contributed by atoms with Crippen molar-refractivity contribution in [2.75, 3.05) is 14.2 Å². The molecule has 29 heavy (non-hydrogen) atoms. The predicted octanol–water partition coefficient (Wildman–Crippen LogP) is 4.46. The molecule has 0 saturated heterocycles. The van der Waals surface area contributed by atoms with E-state index in [0.717, 1.165) is 5.56 Å². The number of ether oxygens (including phenoxy) is 2. The molecule has 1 aromatic heterocycles. The summed E-state index contributed by atoms with van der Waals surface area (Å²) in [5.41, 5.74) is 1.21. The number of hydrogen-bond acceptors (Lipinski definition) is 6. The molecule has 0 fully saturated rings. The third-order valence-corrected chi connectivity index (χ3v) is 4.65. The molecule has 0 unspecified atom stereocenters. The molecule has 0 atom stereocenters. The summed E-state index contributed by atoms with van der Waals surface area (Å²) >= 11 is 5.92. The van der Waals surface area contributed by atoms with Crippen molar-refractivity contribution in [2.45, 2.75) is 26.4 Å². The lowest BCUT2D eigenvalue weighted by atomic mass is 10.1. The third kappa shape index (κ3) is 4.68. The van der Waals surface area contributed by atoms with E-state index < -0.39 is 0 Å². The van der Waals surface area contributed by atoms with E-state index in [1.807, 2.05) is 26.0 Å². The summed E-state index contributed by atoms with van der Waals surface area (Å²) in [6.45, 7) is 4.01. The molecular formula is C21H22ClN3O4. The Labute approximate surface area is 174 Å². The molecule has 2 aromatic carbocycles. The van der Waals surface area contributed by atoms with Gasteiger partial charge in [-0.25, -0.2) is 0 Å². The van der Waals surface area contributed by atoms with Crippen LogP contribution < -0.4 is 9.47 Å². The lowest BCUT2D eigenvalue weighted by molar-refractivity contribution is 0.0664. The van der Waals surface area contributed by atoms with Crippen molar-refractivity contribution in [2.24, 2.45) is 0 Å². The van der Waals surface area contributed by atoms with E-state index in [4.69, 9.17) is 25.6 Å². The van der Waals surface area contributed by atoms with Gasteiger partial charge in [0.25, 0.3) is 5.91 Å². The minimum absolute atomic E-state index is 0.0970. The topological polar surface area (TPSA) is 77.7 Å². The number of nitrogens with zero attached hydrogens (tertiary/aromatic N) is 3. The zero-order valence-electron chi connectivity index (χ0n) is 16.7. The lowest BCUT2D eigenvalue weighted by Crippen LogP contribution is -2.36. The summed E-state index contributed by atoms with van der Waals surface area (Å²) in [5, 5.41) is 4.64. The molecule has 0 aliphatic heterocycles. The van der Waals surface area contributed by atoms with Gasteiger partial charge in [-0.05, 0) is 50.2 Å². The van der Waals surface area contributed by atoms with Crippen molar-refractivity contribution in [3.8, 4) is 22.9 Å². The van der Waals surface area contributed by atoms with Crippen LogP contribution in [0.2, 0.25) is 5.02 Å². The Balaban J connectivity index is 1.84. The molecule has 0 radical (unpaired) electrons. The molecule has 1 heterocycles. The van der Waals surface area contributed by atoms with Crippen LogP contribution >= 0.6 is 11.6 Å². The summed E-state index contributed by atoms with van der Waals surface area (Å²) in [6.07, 6.45) is 0. The smallest absolute Gasteiger partial charge is 0.258 e. The highest BCUT2D eigenvalue weighted by molar-refractivity contribution is 6.30. The number of methoxy groups -OCH3 is 2. The number of halogens is 1. The average molecular weight is 416 g/mol. The lowest BCUT2D eigenvalue weighted by Gasteiger charge is -2.26. The SMILES string of the molecule is COc1ccc(C(=O)N(Cc2nc(-c3ccc(Cl)cc3)no2)C(C)C)c(OC)c1. The molecule has 0 aliphatic carbocycles.